The molecule has 1 aliphatic heterocycles. The van der Waals surface area contributed by atoms with Crippen molar-refractivity contribution in [1.29, 1.82) is 0 Å². The first-order valence-corrected chi connectivity index (χ1v) is 9.31. The topological polar surface area (TPSA) is 87.3 Å². The molecule has 1 heterocycles. The van der Waals surface area contributed by atoms with Crippen molar-refractivity contribution in [2.45, 2.75) is 26.2 Å². The van der Waals surface area contributed by atoms with Crippen molar-refractivity contribution in [3.05, 3.63) is 23.8 Å². The summed E-state index contributed by atoms with van der Waals surface area (Å²) in [5.41, 5.74) is 1.90. The number of carbonyl (C=O) groups excluding carboxylic acids is 1. The van der Waals surface area contributed by atoms with Crippen molar-refractivity contribution in [1.82, 2.24) is 5.32 Å². The molecule has 0 aliphatic carbocycles. The van der Waals surface area contributed by atoms with Crippen LogP contribution in [0.2, 0.25) is 0 Å². The Kier molecular flexibility index (Phi) is 7.31. The number of carbonyl (C=O) groups is 1. The molecule has 2 rings (SSSR count). The molecule has 1 aromatic carbocycles. The Labute approximate surface area is 143 Å². The number of hydrogen-bond acceptors (Lipinski definition) is 4. The second kappa shape index (κ2) is 8.52. The van der Waals surface area contributed by atoms with E-state index in [9.17, 15) is 13.2 Å². The van der Waals surface area contributed by atoms with Crippen molar-refractivity contribution in [2.75, 3.05) is 29.4 Å². The van der Waals surface area contributed by atoms with Gasteiger partial charge in [0.05, 0.1) is 11.9 Å². The lowest BCUT2D eigenvalue weighted by molar-refractivity contribution is -0.116. The van der Waals surface area contributed by atoms with Crippen LogP contribution in [0.15, 0.2) is 18.2 Å². The predicted octanol–water partition coefficient (Wildman–Crippen LogP) is 2.12. The number of benzene rings is 1. The number of halogens is 1. The molecule has 0 saturated carbocycles. The minimum absolute atomic E-state index is 0. The van der Waals surface area contributed by atoms with Crippen LogP contribution < -0.4 is 15.4 Å². The van der Waals surface area contributed by atoms with E-state index < -0.39 is 10.0 Å². The fourth-order valence-electron chi connectivity index (χ4n) is 2.53. The van der Waals surface area contributed by atoms with Gasteiger partial charge in [0.2, 0.25) is 15.9 Å². The highest BCUT2D eigenvalue weighted by atomic mass is 35.5. The minimum Gasteiger partial charge on any atom is -0.326 e. The summed E-state index contributed by atoms with van der Waals surface area (Å²) in [7, 11) is -3.34. The molecule has 3 N–H and O–H groups in total. The van der Waals surface area contributed by atoms with E-state index in [1.807, 2.05) is 6.92 Å². The molecule has 0 aromatic heterocycles. The largest absolute Gasteiger partial charge is 0.326 e. The lowest BCUT2D eigenvalue weighted by Crippen LogP contribution is -2.15. The van der Waals surface area contributed by atoms with Crippen molar-refractivity contribution in [3.8, 4) is 0 Å². The fourth-order valence-corrected chi connectivity index (χ4v) is 3.15. The third-order valence-electron chi connectivity index (χ3n) is 3.76. The first-order valence-electron chi connectivity index (χ1n) is 7.42. The summed E-state index contributed by atoms with van der Waals surface area (Å²) in [6.45, 7) is 3.83. The molecular formula is C15H24ClN3O3S. The lowest BCUT2D eigenvalue weighted by Gasteiger charge is -2.12. The Morgan fingerprint density at radius 1 is 1.39 bits per heavy atom. The van der Waals surface area contributed by atoms with Crippen LogP contribution in [0.1, 0.15) is 24.8 Å². The zero-order valence-corrected chi connectivity index (χ0v) is 15.0. The zero-order chi connectivity index (χ0) is 16.2. The predicted molar refractivity (Wildman–Crippen MR) is 95.7 cm³/mol. The van der Waals surface area contributed by atoms with E-state index in [4.69, 9.17) is 0 Å². The molecule has 1 fully saturated rings. The molecule has 1 atom stereocenters. The molecule has 6 nitrogen and oxygen atoms in total. The number of sulfonamides is 1. The molecule has 0 spiro atoms. The van der Waals surface area contributed by atoms with Gasteiger partial charge in [-0.25, -0.2) is 8.42 Å². The highest BCUT2D eigenvalue weighted by molar-refractivity contribution is 7.92. The van der Waals surface area contributed by atoms with Gasteiger partial charge in [-0.2, -0.15) is 0 Å². The van der Waals surface area contributed by atoms with Gasteiger partial charge in [0.1, 0.15) is 0 Å². The summed E-state index contributed by atoms with van der Waals surface area (Å²) in [5.74, 6) is 0.535. The van der Waals surface area contributed by atoms with Crippen LogP contribution in [-0.2, 0) is 14.8 Å². The molecule has 23 heavy (non-hydrogen) atoms. The van der Waals surface area contributed by atoms with Gasteiger partial charge in [-0.15, -0.1) is 12.4 Å². The van der Waals surface area contributed by atoms with Crippen molar-refractivity contribution >= 4 is 39.7 Å². The average molecular weight is 362 g/mol. The normalized spacial score (nSPS) is 17.4. The van der Waals surface area contributed by atoms with Crippen LogP contribution >= 0.6 is 12.4 Å². The van der Waals surface area contributed by atoms with E-state index in [0.717, 1.165) is 37.8 Å². The number of rotatable bonds is 6. The summed E-state index contributed by atoms with van der Waals surface area (Å²) in [6, 6.07) is 5.20. The summed E-state index contributed by atoms with van der Waals surface area (Å²) in [6.07, 6.45) is 3.59. The van der Waals surface area contributed by atoms with E-state index >= 15 is 0 Å². The highest BCUT2D eigenvalue weighted by Gasteiger charge is 2.16. The number of aryl methyl sites for hydroxylation is 1. The number of anilines is 2. The Morgan fingerprint density at radius 2 is 2.13 bits per heavy atom. The van der Waals surface area contributed by atoms with E-state index in [1.54, 1.807) is 18.2 Å². The summed E-state index contributed by atoms with van der Waals surface area (Å²) >= 11 is 0. The second-order valence-electron chi connectivity index (χ2n) is 5.85. The van der Waals surface area contributed by atoms with Gasteiger partial charge < -0.3 is 10.6 Å². The number of amides is 1. The van der Waals surface area contributed by atoms with Crippen molar-refractivity contribution in [2.24, 2.45) is 5.92 Å². The Balaban J connectivity index is 0.00000264. The van der Waals surface area contributed by atoms with Crippen molar-refractivity contribution < 1.29 is 13.2 Å². The van der Waals surface area contributed by atoms with Crippen LogP contribution in [0.4, 0.5) is 11.4 Å². The van der Waals surface area contributed by atoms with E-state index in [0.29, 0.717) is 23.7 Å². The van der Waals surface area contributed by atoms with Crippen LogP contribution in [-0.4, -0.2) is 33.7 Å². The smallest absolute Gasteiger partial charge is 0.229 e. The van der Waals surface area contributed by atoms with Crippen LogP contribution in [0.3, 0.4) is 0 Å². The van der Waals surface area contributed by atoms with E-state index in [1.165, 1.54) is 0 Å². The van der Waals surface area contributed by atoms with Crippen LogP contribution in [0.5, 0.6) is 0 Å². The molecule has 1 aromatic rings. The Hall–Kier alpha value is -1.31. The highest BCUT2D eigenvalue weighted by Crippen LogP contribution is 2.22. The quantitative estimate of drug-likeness (QED) is 0.724. The molecule has 0 radical (unpaired) electrons. The molecule has 130 valence electrons. The molecule has 8 heteroatoms. The standard InChI is InChI=1S/C15H23N3O3S.ClH/c1-11-3-5-13(9-14(11)18-22(2,20)21)17-15(19)6-4-12-7-8-16-10-12;/h3,5,9,12,16,18H,4,6-8,10H2,1-2H3,(H,17,19);1H. The first-order chi connectivity index (χ1) is 10.3. The molecule has 1 saturated heterocycles. The average Bonchev–Trinajstić information content (AvgIpc) is 2.92. The van der Waals surface area contributed by atoms with Gasteiger partial charge in [0, 0.05) is 12.1 Å². The Bertz CT molecular complexity index is 643. The first kappa shape index (κ1) is 19.7. The molecular weight excluding hydrogens is 338 g/mol. The maximum Gasteiger partial charge on any atom is 0.229 e. The number of nitrogens with one attached hydrogen (secondary N) is 3. The van der Waals surface area contributed by atoms with E-state index in [2.05, 4.69) is 15.4 Å². The van der Waals surface area contributed by atoms with Gasteiger partial charge in [-0.05, 0) is 56.5 Å². The van der Waals surface area contributed by atoms with Crippen LogP contribution in [0.25, 0.3) is 0 Å². The summed E-state index contributed by atoms with van der Waals surface area (Å²) in [4.78, 5) is 12.0. The van der Waals surface area contributed by atoms with Gasteiger partial charge in [0.25, 0.3) is 0 Å². The number of hydrogen-bond donors (Lipinski definition) is 3. The zero-order valence-electron chi connectivity index (χ0n) is 13.4. The minimum atomic E-state index is -3.34. The maximum absolute atomic E-state index is 12.0. The SMILES string of the molecule is Cc1ccc(NC(=O)CCC2CCNC2)cc1NS(C)(=O)=O.Cl. The molecule has 1 aliphatic rings. The maximum atomic E-state index is 12.0. The van der Waals surface area contributed by atoms with Gasteiger partial charge in [-0.1, -0.05) is 6.07 Å². The van der Waals surface area contributed by atoms with Crippen molar-refractivity contribution in [3.63, 3.8) is 0 Å². The second-order valence-corrected chi connectivity index (χ2v) is 7.60. The summed E-state index contributed by atoms with van der Waals surface area (Å²) in [5, 5.41) is 6.11. The van der Waals surface area contributed by atoms with E-state index in [-0.39, 0.29) is 18.3 Å². The fraction of sp³-hybridized carbons (Fsp3) is 0.533. The van der Waals surface area contributed by atoms with Gasteiger partial charge in [-0.3, -0.25) is 9.52 Å². The molecule has 1 unspecified atom stereocenters. The monoisotopic (exact) mass is 361 g/mol. The molecule has 1 amide bonds. The third-order valence-corrected chi connectivity index (χ3v) is 4.35. The van der Waals surface area contributed by atoms with Crippen LogP contribution in [0, 0.1) is 12.8 Å². The lowest BCUT2D eigenvalue weighted by atomic mass is 10.0. The Morgan fingerprint density at radius 3 is 2.74 bits per heavy atom. The van der Waals surface area contributed by atoms with Gasteiger partial charge >= 0.3 is 0 Å². The molecule has 0 bridgehead atoms. The van der Waals surface area contributed by atoms with Gasteiger partial charge in [0.15, 0.2) is 0 Å². The third kappa shape index (κ3) is 6.76. The summed E-state index contributed by atoms with van der Waals surface area (Å²) < 4.78 is 25.1.